The number of aromatic nitrogens is 5. The fourth-order valence-electron chi connectivity index (χ4n) is 5.75. The van der Waals surface area contributed by atoms with Crippen LogP contribution in [0.5, 0.6) is 0 Å². The molecule has 0 bridgehead atoms. The number of halogens is 1. The molecule has 5 aromatic rings. The van der Waals surface area contributed by atoms with Gasteiger partial charge in [-0.15, -0.1) is 0 Å². The zero-order chi connectivity index (χ0) is 31.1. The van der Waals surface area contributed by atoms with Crippen LogP contribution in [0.1, 0.15) is 54.7 Å². The number of nitrogen functional groups attached to an aromatic ring is 1. The summed E-state index contributed by atoms with van der Waals surface area (Å²) in [5.41, 5.74) is 8.88. The lowest BCUT2D eigenvalue weighted by atomic mass is 9.93. The fourth-order valence-corrected chi connectivity index (χ4v) is 5.75. The van der Waals surface area contributed by atoms with Gasteiger partial charge in [-0.3, -0.25) is 14.2 Å². The van der Waals surface area contributed by atoms with E-state index in [9.17, 15) is 18.8 Å². The van der Waals surface area contributed by atoms with Crippen LogP contribution in [0.25, 0.3) is 22.3 Å². The van der Waals surface area contributed by atoms with Crippen LogP contribution in [0.15, 0.2) is 76.7 Å². The number of likely N-dealkylation sites (tertiary alicyclic amines) is 1. The summed E-state index contributed by atoms with van der Waals surface area (Å²) in [7, 11) is 2.13. The quantitative estimate of drug-likeness (QED) is 0.302. The van der Waals surface area contributed by atoms with Crippen LogP contribution in [-0.2, 0) is 0 Å². The van der Waals surface area contributed by atoms with E-state index in [1.165, 1.54) is 29.2 Å². The van der Waals surface area contributed by atoms with E-state index >= 15 is 0 Å². The normalized spacial score (nSPS) is 14.4. The van der Waals surface area contributed by atoms with Crippen LogP contribution < -0.4 is 22.3 Å². The van der Waals surface area contributed by atoms with Crippen molar-refractivity contribution in [3.05, 3.63) is 105 Å². The predicted molar refractivity (Wildman–Crippen MR) is 167 cm³/mol. The van der Waals surface area contributed by atoms with E-state index in [2.05, 4.69) is 33.4 Å². The summed E-state index contributed by atoms with van der Waals surface area (Å²) in [5, 5.41) is 7.29. The molecule has 4 heterocycles. The fraction of sp³-hybridized carbons (Fsp3) is 0.281. The molecule has 3 aromatic heterocycles. The monoisotopic (exact) mass is 596 g/mol. The van der Waals surface area contributed by atoms with Crippen molar-refractivity contribution in [1.29, 1.82) is 0 Å². The van der Waals surface area contributed by atoms with Gasteiger partial charge in [0.2, 0.25) is 0 Å². The minimum atomic E-state index is -0.801. The largest absolute Gasteiger partial charge is 0.382 e. The summed E-state index contributed by atoms with van der Waals surface area (Å²) >= 11 is 0. The van der Waals surface area contributed by atoms with Gasteiger partial charge >= 0.3 is 5.69 Å². The molecule has 1 amide bonds. The number of rotatable bonds is 6. The number of carbonyl (C=O) groups is 1. The van der Waals surface area contributed by atoms with Gasteiger partial charge in [0.1, 0.15) is 23.2 Å². The average molecular weight is 597 g/mol. The van der Waals surface area contributed by atoms with Gasteiger partial charge in [-0.1, -0.05) is 12.1 Å². The third kappa shape index (κ3) is 5.28. The highest BCUT2D eigenvalue weighted by atomic mass is 19.1. The predicted octanol–water partition coefficient (Wildman–Crippen LogP) is 4.07. The van der Waals surface area contributed by atoms with Gasteiger partial charge in [-0.25, -0.2) is 23.3 Å². The second-order valence-electron chi connectivity index (χ2n) is 11.4. The lowest BCUT2D eigenvalue weighted by Crippen LogP contribution is -2.42. The Morgan fingerprint density at radius 1 is 1.05 bits per heavy atom. The Morgan fingerprint density at radius 3 is 2.39 bits per heavy atom. The molecule has 1 fully saturated rings. The zero-order valence-corrected chi connectivity index (χ0v) is 24.7. The smallest absolute Gasteiger partial charge is 0.335 e. The van der Waals surface area contributed by atoms with Crippen molar-refractivity contribution in [3.8, 4) is 16.8 Å². The van der Waals surface area contributed by atoms with Gasteiger partial charge in [-0.05, 0) is 94.9 Å². The number of fused-ring (bicyclic) bond motifs is 1. The van der Waals surface area contributed by atoms with Gasteiger partial charge in [0, 0.05) is 35.1 Å². The Morgan fingerprint density at radius 2 is 1.73 bits per heavy atom. The molecule has 3 N–H and O–H groups in total. The van der Waals surface area contributed by atoms with E-state index in [-0.39, 0.29) is 17.3 Å². The highest BCUT2D eigenvalue weighted by Crippen LogP contribution is 2.36. The van der Waals surface area contributed by atoms with Crippen molar-refractivity contribution in [2.24, 2.45) is 0 Å². The first-order chi connectivity index (χ1) is 21.1. The second-order valence-corrected chi connectivity index (χ2v) is 11.4. The van der Waals surface area contributed by atoms with Crippen LogP contribution in [0, 0.1) is 5.82 Å². The molecule has 11 nitrogen and oxygen atoms in total. The highest BCUT2D eigenvalue weighted by molar-refractivity contribution is 6.04. The summed E-state index contributed by atoms with van der Waals surface area (Å²) < 4.78 is 17.6. The maximum Gasteiger partial charge on any atom is 0.335 e. The van der Waals surface area contributed by atoms with Crippen LogP contribution in [0.3, 0.4) is 0 Å². The third-order valence-corrected chi connectivity index (χ3v) is 8.20. The average Bonchev–Trinajstić information content (AvgIpc) is 3.40. The topological polar surface area (TPSA) is 133 Å². The van der Waals surface area contributed by atoms with Crippen LogP contribution in [0.2, 0.25) is 0 Å². The maximum atomic E-state index is 13.5. The van der Waals surface area contributed by atoms with E-state index < -0.39 is 23.0 Å². The molecular weight excluding hydrogens is 563 g/mol. The summed E-state index contributed by atoms with van der Waals surface area (Å²) in [4.78, 5) is 46.5. The molecule has 6 rings (SSSR count). The molecule has 0 saturated carbocycles. The zero-order valence-electron chi connectivity index (χ0n) is 24.7. The Balaban J connectivity index is 1.32. The molecular formula is C32H33FN8O3. The number of nitrogens with zero attached hydrogens (tertiary/aromatic N) is 6. The number of hydrogen-bond acceptors (Lipinski definition) is 7. The standard InChI is InChI=1S/C32H33FN8O3/c1-19(2)39-17-26(31(43)40(32(39)44)24-10-6-22(33)7-11-24)30(42)37-23-8-4-20(5-9-23)25-16-27(21-12-14-38(3)15-13-21)41-28(25)29(34)35-18-36-41/h4-11,16-19,21H,12-15H2,1-3H3,(H,37,42)(H2,34,35,36). The molecule has 0 atom stereocenters. The molecule has 1 aliphatic rings. The van der Waals surface area contributed by atoms with Gasteiger partial charge in [0.05, 0.1) is 5.69 Å². The third-order valence-electron chi connectivity index (χ3n) is 8.20. The minimum absolute atomic E-state index is 0.164. The number of nitrogens with one attached hydrogen (secondary N) is 1. The van der Waals surface area contributed by atoms with Crippen molar-refractivity contribution in [2.75, 3.05) is 31.2 Å². The van der Waals surface area contributed by atoms with Crippen LogP contribution >= 0.6 is 0 Å². The first-order valence-electron chi connectivity index (χ1n) is 14.5. The van der Waals surface area contributed by atoms with Gasteiger partial charge in [-0.2, -0.15) is 5.10 Å². The summed E-state index contributed by atoms with van der Waals surface area (Å²) in [6, 6.07) is 13.9. The molecule has 0 spiro atoms. The Kier molecular flexibility index (Phi) is 7.60. The number of piperidine rings is 1. The van der Waals surface area contributed by atoms with Crippen molar-refractivity contribution in [3.63, 3.8) is 0 Å². The summed E-state index contributed by atoms with van der Waals surface area (Å²) in [6.45, 7) is 5.54. The Labute approximate surface area is 252 Å². The van der Waals surface area contributed by atoms with E-state index in [1.54, 1.807) is 26.0 Å². The number of hydrogen-bond donors (Lipinski definition) is 2. The molecule has 226 valence electrons. The van der Waals surface area contributed by atoms with Crippen molar-refractivity contribution >= 4 is 22.9 Å². The number of benzene rings is 2. The molecule has 1 saturated heterocycles. The molecule has 0 aliphatic carbocycles. The molecule has 0 radical (unpaired) electrons. The van der Waals surface area contributed by atoms with Gasteiger partial charge < -0.3 is 16.0 Å². The first kappa shape index (κ1) is 29.0. The molecule has 12 heteroatoms. The molecule has 2 aromatic carbocycles. The number of carbonyl (C=O) groups excluding carboxylic acids is 1. The summed E-state index contributed by atoms with van der Waals surface area (Å²) in [6.07, 6.45) is 4.77. The van der Waals surface area contributed by atoms with Crippen LogP contribution in [0.4, 0.5) is 15.9 Å². The number of amides is 1. The lowest BCUT2D eigenvalue weighted by molar-refractivity contribution is 0.102. The van der Waals surface area contributed by atoms with E-state index in [4.69, 9.17) is 5.73 Å². The SMILES string of the molecule is CC(C)n1cc(C(=O)Nc2ccc(-c3cc(C4CCN(C)CC4)n4ncnc(N)c34)cc2)c(=O)n(-c2ccc(F)cc2)c1=O. The van der Waals surface area contributed by atoms with E-state index in [0.717, 1.165) is 65.0 Å². The lowest BCUT2D eigenvalue weighted by Gasteiger charge is -2.28. The van der Waals surface area contributed by atoms with E-state index in [1.807, 2.05) is 16.6 Å². The minimum Gasteiger partial charge on any atom is -0.382 e. The van der Waals surface area contributed by atoms with Crippen molar-refractivity contribution in [1.82, 2.24) is 28.6 Å². The van der Waals surface area contributed by atoms with Crippen molar-refractivity contribution < 1.29 is 9.18 Å². The van der Waals surface area contributed by atoms with E-state index in [0.29, 0.717) is 17.4 Å². The molecule has 0 unspecified atom stereocenters. The number of nitrogens with two attached hydrogens (primary N) is 1. The number of anilines is 2. The highest BCUT2D eigenvalue weighted by Gasteiger charge is 2.25. The van der Waals surface area contributed by atoms with Crippen molar-refractivity contribution in [2.45, 2.75) is 38.6 Å². The first-order valence-corrected chi connectivity index (χ1v) is 14.5. The molecule has 44 heavy (non-hydrogen) atoms. The summed E-state index contributed by atoms with van der Waals surface area (Å²) in [5.74, 6) is -0.466. The Bertz CT molecular complexity index is 1970. The second kappa shape index (κ2) is 11.5. The Hall–Kier alpha value is -5.10. The molecule has 1 aliphatic heterocycles. The maximum absolute atomic E-state index is 13.5. The van der Waals surface area contributed by atoms with Gasteiger partial charge in [0.15, 0.2) is 5.82 Å². The van der Waals surface area contributed by atoms with Gasteiger partial charge in [0.25, 0.3) is 11.5 Å². The van der Waals surface area contributed by atoms with Crippen LogP contribution in [-0.4, -0.2) is 54.7 Å².